The summed E-state index contributed by atoms with van der Waals surface area (Å²) < 4.78 is 5.77. The van der Waals surface area contributed by atoms with Crippen molar-refractivity contribution in [1.29, 1.82) is 0 Å². The molecule has 6 nitrogen and oxygen atoms in total. The summed E-state index contributed by atoms with van der Waals surface area (Å²) in [6, 6.07) is 18.5. The molecule has 1 aromatic heterocycles. The molecule has 0 fully saturated rings. The molecule has 0 radical (unpaired) electrons. The van der Waals surface area contributed by atoms with Gasteiger partial charge < -0.3 is 15.4 Å². The summed E-state index contributed by atoms with van der Waals surface area (Å²) in [5.41, 5.74) is 2.17. The van der Waals surface area contributed by atoms with E-state index < -0.39 is 0 Å². The molecule has 7 heteroatoms. The maximum absolute atomic E-state index is 11.9. The van der Waals surface area contributed by atoms with Gasteiger partial charge in [0.1, 0.15) is 12.4 Å². The first-order valence-electron chi connectivity index (χ1n) is 8.88. The average Bonchev–Trinajstić information content (AvgIpc) is 2.69. The second-order valence-electron chi connectivity index (χ2n) is 6.50. The number of carbonyl (C=O) groups excluding carboxylic acids is 1. The van der Waals surface area contributed by atoms with Gasteiger partial charge in [-0.2, -0.15) is 0 Å². The smallest absolute Gasteiger partial charge is 0.271 e. The van der Waals surface area contributed by atoms with E-state index in [1.807, 2.05) is 62.4 Å². The topological polar surface area (TPSA) is 76.1 Å². The SMILES string of the molecule is CC(C)NC(=O)c1ccc(Nc2ccc(OCc3ccc(Cl)cc3)cc2)nn1. The first kappa shape index (κ1) is 19.6. The predicted molar refractivity (Wildman–Crippen MR) is 110 cm³/mol. The van der Waals surface area contributed by atoms with Crippen molar-refractivity contribution in [3.63, 3.8) is 0 Å². The Bertz CT molecular complexity index is 911. The molecule has 3 rings (SSSR count). The summed E-state index contributed by atoms with van der Waals surface area (Å²) in [6.07, 6.45) is 0. The maximum Gasteiger partial charge on any atom is 0.271 e. The van der Waals surface area contributed by atoms with Gasteiger partial charge in [-0.05, 0) is 67.9 Å². The minimum Gasteiger partial charge on any atom is -0.489 e. The highest BCUT2D eigenvalue weighted by Gasteiger charge is 2.09. The van der Waals surface area contributed by atoms with Crippen LogP contribution in [0.25, 0.3) is 0 Å². The predicted octanol–water partition coefficient (Wildman–Crippen LogP) is 4.59. The standard InChI is InChI=1S/C21H21ClN4O2/c1-14(2)23-21(27)19-11-12-20(26-25-19)24-17-7-9-18(10-8-17)28-13-15-3-5-16(22)6-4-15/h3-12,14H,13H2,1-2H3,(H,23,27)(H,24,26). The van der Waals surface area contributed by atoms with Gasteiger partial charge in [-0.25, -0.2) is 0 Å². The Morgan fingerprint density at radius 3 is 2.32 bits per heavy atom. The molecule has 0 bridgehead atoms. The van der Waals surface area contributed by atoms with Gasteiger partial charge in [-0.15, -0.1) is 10.2 Å². The molecule has 0 saturated heterocycles. The number of halogens is 1. The molecule has 0 aliphatic carbocycles. The number of ether oxygens (including phenoxy) is 1. The van der Waals surface area contributed by atoms with Crippen LogP contribution in [0.5, 0.6) is 5.75 Å². The summed E-state index contributed by atoms with van der Waals surface area (Å²) in [4.78, 5) is 11.9. The Morgan fingerprint density at radius 2 is 1.71 bits per heavy atom. The number of nitrogens with one attached hydrogen (secondary N) is 2. The van der Waals surface area contributed by atoms with Gasteiger partial charge in [0.15, 0.2) is 11.5 Å². The lowest BCUT2D eigenvalue weighted by atomic mass is 10.2. The number of amides is 1. The normalized spacial score (nSPS) is 10.6. The molecular formula is C21H21ClN4O2. The number of hydrogen-bond donors (Lipinski definition) is 2. The van der Waals surface area contributed by atoms with Crippen LogP contribution in [0.4, 0.5) is 11.5 Å². The first-order valence-corrected chi connectivity index (χ1v) is 9.26. The van der Waals surface area contributed by atoms with Crippen LogP contribution in [0.2, 0.25) is 5.02 Å². The number of aromatic nitrogens is 2. The van der Waals surface area contributed by atoms with E-state index >= 15 is 0 Å². The third-order valence-corrected chi connectivity index (χ3v) is 4.01. The zero-order chi connectivity index (χ0) is 19.9. The second kappa shape index (κ2) is 9.19. The second-order valence-corrected chi connectivity index (χ2v) is 6.93. The van der Waals surface area contributed by atoms with Crippen molar-refractivity contribution in [3.05, 3.63) is 76.9 Å². The summed E-state index contributed by atoms with van der Waals surface area (Å²) in [5, 5.41) is 14.6. The van der Waals surface area contributed by atoms with E-state index in [1.165, 1.54) is 0 Å². The van der Waals surface area contributed by atoms with E-state index in [4.69, 9.17) is 16.3 Å². The Kier molecular flexibility index (Phi) is 6.45. The third kappa shape index (κ3) is 5.69. The molecule has 0 atom stereocenters. The molecule has 0 unspecified atom stereocenters. The number of anilines is 2. The zero-order valence-electron chi connectivity index (χ0n) is 15.6. The van der Waals surface area contributed by atoms with Crippen LogP contribution < -0.4 is 15.4 Å². The number of rotatable bonds is 7. The van der Waals surface area contributed by atoms with Gasteiger partial charge in [-0.3, -0.25) is 4.79 Å². The first-order chi connectivity index (χ1) is 13.5. The Labute approximate surface area is 168 Å². The molecule has 0 saturated carbocycles. The van der Waals surface area contributed by atoms with E-state index in [1.54, 1.807) is 12.1 Å². The molecule has 1 amide bonds. The fraction of sp³-hybridized carbons (Fsp3) is 0.190. The van der Waals surface area contributed by atoms with Crippen molar-refractivity contribution in [2.75, 3.05) is 5.32 Å². The van der Waals surface area contributed by atoms with Crippen molar-refractivity contribution in [1.82, 2.24) is 15.5 Å². The Balaban J connectivity index is 1.55. The van der Waals surface area contributed by atoms with E-state index in [0.717, 1.165) is 17.0 Å². The van der Waals surface area contributed by atoms with Crippen LogP contribution in [-0.4, -0.2) is 22.1 Å². The number of carbonyl (C=O) groups is 1. The van der Waals surface area contributed by atoms with Crippen LogP contribution in [0.1, 0.15) is 29.9 Å². The third-order valence-electron chi connectivity index (χ3n) is 3.76. The molecule has 28 heavy (non-hydrogen) atoms. The van der Waals surface area contributed by atoms with Crippen LogP contribution in [0, 0.1) is 0 Å². The van der Waals surface area contributed by atoms with Gasteiger partial charge >= 0.3 is 0 Å². The Morgan fingerprint density at radius 1 is 1.00 bits per heavy atom. The lowest BCUT2D eigenvalue weighted by Gasteiger charge is -2.09. The number of hydrogen-bond acceptors (Lipinski definition) is 5. The molecule has 2 N–H and O–H groups in total. The molecule has 1 heterocycles. The molecule has 3 aromatic rings. The molecule has 0 aliphatic heterocycles. The van der Waals surface area contributed by atoms with Gasteiger partial charge in [0, 0.05) is 16.8 Å². The van der Waals surface area contributed by atoms with Gasteiger partial charge in [0.25, 0.3) is 5.91 Å². The largest absolute Gasteiger partial charge is 0.489 e. The summed E-state index contributed by atoms with van der Waals surface area (Å²) in [5.74, 6) is 1.07. The lowest BCUT2D eigenvalue weighted by Crippen LogP contribution is -2.30. The minimum absolute atomic E-state index is 0.0486. The van der Waals surface area contributed by atoms with Gasteiger partial charge in [-0.1, -0.05) is 23.7 Å². The van der Waals surface area contributed by atoms with E-state index in [0.29, 0.717) is 17.4 Å². The van der Waals surface area contributed by atoms with Crippen LogP contribution in [0.15, 0.2) is 60.7 Å². The van der Waals surface area contributed by atoms with Crippen molar-refractivity contribution in [3.8, 4) is 5.75 Å². The number of nitrogens with zero attached hydrogens (tertiary/aromatic N) is 2. The van der Waals surface area contributed by atoms with Crippen molar-refractivity contribution >= 4 is 29.0 Å². The highest BCUT2D eigenvalue weighted by atomic mass is 35.5. The van der Waals surface area contributed by atoms with Crippen molar-refractivity contribution in [2.24, 2.45) is 0 Å². The molecule has 0 spiro atoms. The zero-order valence-corrected chi connectivity index (χ0v) is 16.4. The fourth-order valence-corrected chi connectivity index (χ4v) is 2.51. The van der Waals surface area contributed by atoms with Gasteiger partial charge in [0.2, 0.25) is 0 Å². The molecular weight excluding hydrogens is 376 g/mol. The fourth-order valence-electron chi connectivity index (χ4n) is 2.39. The molecule has 144 valence electrons. The quantitative estimate of drug-likeness (QED) is 0.610. The van der Waals surface area contributed by atoms with E-state index in [9.17, 15) is 4.79 Å². The highest BCUT2D eigenvalue weighted by molar-refractivity contribution is 6.30. The van der Waals surface area contributed by atoms with Gasteiger partial charge in [0.05, 0.1) is 0 Å². The Hall–Kier alpha value is -3.12. The number of benzene rings is 2. The summed E-state index contributed by atoms with van der Waals surface area (Å²) in [7, 11) is 0. The molecule has 0 aliphatic rings. The highest BCUT2D eigenvalue weighted by Crippen LogP contribution is 2.20. The monoisotopic (exact) mass is 396 g/mol. The van der Waals surface area contributed by atoms with Crippen molar-refractivity contribution in [2.45, 2.75) is 26.5 Å². The lowest BCUT2D eigenvalue weighted by molar-refractivity contribution is 0.0937. The molecule has 2 aromatic carbocycles. The van der Waals surface area contributed by atoms with E-state index in [2.05, 4.69) is 20.8 Å². The summed E-state index contributed by atoms with van der Waals surface area (Å²) in [6.45, 7) is 4.25. The average molecular weight is 397 g/mol. The van der Waals surface area contributed by atoms with Crippen LogP contribution in [-0.2, 0) is 6.61 Å². The minimum atomic E-state index is -0.240. The maximum atomic E-state index is 11.9. The van der Waals surface area contributed by atoms with Crippen LogP contribution in [0.3, 0.4) is 0 Å². The summed E-state index contributed by atoms with van der Waals surface area (Å²) >= 11 is 5.88. The van der Waals surface area contributed by atoms with Crippen LogP contribution >= 0.6 is 11.6 Å². The van der Waals surface area contributed by atoms with E-state index in [-0.39, 0.29) is 17.6 Å². The van der Waals surface area contributed by atoms with Crippen molar-refractivity contribution < 1.29 is 9.53 Å².